The number of hydrogen-bond acceptors (Lipinski definition) is 5. The number of rotatable bonds is 6. The number of aliphatic hydroxyl groups is 1. The van der Waals surface area contributed by atoms with Crippen LogP contribution in [0.25, 0.3) is 0 Å². The van der Waals surface area contributed by atoms with E-state index in [1.54, 1.807) is 0 Å². The number of nitrogens with zero attached hydrogens (tertiary/aromatic N) is 1. The first kappa shape index (κ1) is 27.8. The fourth-order valence-corrected chi connectivity index (χ4v) is 5.26. The lowest BCUT2D eigenvalue weighted by Gasteiger charge is -2.41. The van der Waals surface area contributed by atoms with Crippen molar-refractivity contribution in [2.45, 2.75) is 44.5 Å². The van der Waals surface area contributed by atoms with Gasteiger partial charge in [-0.05, 0) is 54.7 Å². The summed E-state index contributed by atoms with van der Waals surface area (Å²) in [6, 6.07) is 8.82. The van der Waals surface area contributed by atoms with E-state index in [1.165, 1.54) is 11.9 Å². The lowest BCUT2D eigenvalue weighted by Crippen LogP contribution is -3.14. The maximum absolute atomic E-state index is 13.4. The molecule has 1 unspecified atom stereocenters. The fraction of sp³-hybridized carbons (Fsp3) is 0.520. The van der Waals surface area contributed by atoms with Crippen molar-refractivity contribution in [3.8, 4) is 0 Å². The minimum Gasteiger partial charge on any atom is -0.611 e. The normalized spacial score (nSPS) is 26.6. The predicted octanol–water partition coefficient (Wildman–Crippen LogP) is 4.05. The molecule has 2 saturated heterocycles. The molecule has 2 aromatic rings. The van der Waals surface area contributed by atoms with Crippen LogP contribution in [-0.4, -0.2) is 42.8 Å². The molecule has 0 aromatic heterocycles. The van der Waals surface area contributed by atoms with E-state index >= 15 is 0 Å². The van der Waals surface area contributed by atoms with E-state index in [2.05, 4.69) is 0 Å². The molecule has 2 aromatic carbocycles. The second-order valence-electron chi connectivity index (χ2n) is 9.58. The molecule has 204 valence electrons. The van der Waals surface area contributed by atoms with Gasteiger partial charge in [0.2, 0.25) is 0 Å². The third-order valence-corrected chi connectivity index (χ3v) is 7.17. The molecule has 2 N–H and O–H groups in total. The summed E-state index contributed by atoms with van der Waals surface area (Å²) >= 11 is 0. The van der Waals surface area contributed by atoms with Crippen LogP contribution in [0.5, 0.6) is 0 Å². The molecule has 0 amide bonds. The Hall–Kier alpha value is -2.22. The van der Waals surface area contributed by atoms with E-state index in [1.807, 2.05) is 31.2 Å². The summed E-state index contributed by atoms with van der Waals surface area (Å²) in [5, 5.41) is 22.6. The Kier molecular flexibility index (Phi) is 7.89. The molecule has 4 rings (SSSR count). The Morgan fingerprint density at radius 3 is 2.27 bits per heavy atom. The third kappa shape index (κ3) is 5.94. The molecule has 2 heterocycles. The van der Waals surface area contributed by atoms with Crippen molar-refractivity contribution in [1.29, 1.82) is 0 Å². The van der Waals surface area contributed by atoms with Gasteiger partial charge in [-0.25, -0.2) is 0 Å². The molecular formula is C25H28F6N2O4. The summed E-state index contributed by atoms with van der Waals surface area (Å²) in [6.45, 7) is 3.52. The Balaban J connectivity index is 1.67. The number of aliphatic hydroxyl groups excluding tert-OH is 1. The van der Waals surface area contributed by atoms with Crippen molar-refractivity contribution in [3.05, 3.63) is 75.5 Å². The minimum absolute atomic E-state index is 0.0688. The van der Waals surface area contributed by atoms with Gasteiger partial charge in [0.25, 0.3) is 0 Å². The van der Waals surface area contributed by atoms with Crippen LogP contribution in [0.1, 0.15) is 46.8 Å². The number of fused-ring (bicyclic) bond motifs is 1. The van der Waals surface area contributed by atoms with E-state index in [4.69, 9.17) is 9.47 Å². The highest BCUT2D eigenvalue weighted by Crippen LogP contribution is 2.45. The second-order valence-corrected chi connectivity index (χ2v) is 9.58. The van der Waals surface area contributed by atoms with Gasteiger partial charge in [-0.1, -0.05) is 24.3 Å². The summed E-state index contributed by atoms with van der Waals surface area (Å²) in [6.07, 6.45) is -12.1. The van der Waals surface area contributed by atoms with Crippen LogP contribution in [0.3, 0.4) is 0 Å². The van der Waals surface area contributed by atoms with Crippen LogP contribution < -0.4 is 5.17 Å². The Morgan fingerprint density at radius 1 is 1.08 bits per heavy atom. The number of benzene rings is 2. The number of aryl methyl sites for hydroxylation is 1. The van der Waals surface area contributed by atoms with E-state index in [0.717, 1.165) is 11.1 Å². The van der Waals surface area contributed by atoms with E-state index in [9.17, 15) is 36.7 Å². The number of hydroxylamine groups is 1. The van der Waals surface area contributed by atoms with Crippen molar-refractivity contribution in [2.75, 3.05) is 26.4 Å². The van der Waals surface area contributed by atoms with Gasteiger partial charge in [0, 0.05) is 11.8 Å². The number of nitrogens with one attached hydrogen (secondary N) is 1. The SMILES string of the molecule is Cc1ccccc1[C@@H]1[C@@H](O[C@H](C)c2cc(C(F)(F)F)cc(C(F)(F)F)c2)OC[C@@H]2CN([NH+]([O-])CO)C[C@H]21. The minimum atomic E-state index is -4.97. The Morgan fingerprint density at radius 2 is 1.70 bits per heavy atom. The molecular weight excluding hydrogens is 506 g/mol. The molecule has 2 aliphatic heterocycles. The lowest BCUT2D eigenvalue weighted by molar-refractivity contribution is -0.986. The summed E-state index contributed by atoms with van der Waals surface area (Å²) in [5.41, 5.74) is -1.35. The summed E-state index contributed by atoms with van der Waals surface area (Å²) in [4.78, 5) is 0. The topological polar surface area (TPSA) is 69.4 Å². The average Bonchev–Trinajstić information content (AvgIpc) is 3.27. The average molecular weight is 534 g/mol. The van der Waals surface area contributed by atoms with E-state index in [-0.39, 0.29) is 30.1 Å². The van der Waals surface area contributed by atoms with Gasteiger partial charge in [0.15, 0.2) is 13.0 Å². The van der Waals surface area contributed by atoms with Gasteiger partial charge in [-0.2, -0.15) is 31.4 Å². The molecule has 0 bridgehead atoms. The molecule has 12 heteroatoms. The summed E-state index contributed by atoms with van der Waals surface area (Å²) in [7, 11) is 0. The van der Waals surface area contributed by atoms with Crippen LogP contribution in [0.15, 0.2) is 42.5 Å². The molecule has 6 nitrogen and oxygen atoms in total. The highest BCUT2D eigenvalue weighted by atomic mass is 19.4. The Bertz CT molecular complexity index is 1060. The van der Waals surface area contributed by atoms with E-state index < -0.39 is 53.7 Å². The quantitative estimate of drug-likeness (QED) is 0.333. The second kappa shape index (κ2) is 10.5. The first-order valence-corrected chi connectivity index (χ1v) is 11.8. The zero-order valence-electron chi connectivity index (χ0n) is 20.1. The van der Waals surface area contributed by atoms with Crippen LogP contribution in [0.2, 0.25) is 0 Å². The molecule has 6 atom stereocenters. The number of ether oxygens (including phenoxy) is 2. The summed E-state index contributed by atoms with van der Waals surface area (Å²) < 4.78 is 92.3. The van der Waals surface area contributed by atoms with Gasteiger partial charge in [0.05, 0.1) is 36.9 Å². The molecule has 0 saturated carbocycles. The van der Waals surface area contributed by atoms with Crippen LogP contribution in [0, 0.1) is 24.0 Å². The fourth-order valence-electron chi connectivity index (χ4n) is 5.26. The number of halogens is 6. The standard InChI is InChI=1S/C25H28F6N2O4/c1-14-5-3-4-6-20(14)22-21-11-32(33(35)13-34)10-17(21)12-36-23(22)37-15(2)16-7-18(24(26,27)28)9-19(8-16)25(29,30)31/h3-9,15,17,21-23,33-34H,10-13H2,1-2H3/t15-,17+,21-,22+,23-/m1/s1. The third-order valence-electron chi connectivity index (χ3n) is 7.17. The maximum atomic E-state index is 13.4. The molecule has 0 aliphatic carbocycles. The highest BCUT2D eigenvalue weighted by molar-refractivity contribution is 5.35. The molecule has 37 heavy (non-hydrogen) atoms. The number of hydrogen-bond donors (Lipinski definition) is 2. The number of alkyl halides is 6. The van der Waals surface area contributed by atoms with Gasteiger partial charge in [-0.15, -0.1) is 0 Å². The monoisotopic (exact) mass is 534 g/mol. The lowest BCUT2D eigenvalue weighted by atomic mass is 9.76. The zero-order valence-corrected chi connectivity index (χ0v) is 20.1. The van der Waals surface area contributed by atoms with Crippen LogP contribution in [0.4, 0.5) is 26.3 Å². The maximum Gasteiger partial charge on any atom is 0.416 e. The summed E-state index contributed by atoms with van der Waals surface area (Å²) in [5.74, 6) is -0.651. The van der Waals surface area contributed by atoms with Crippen LogP contribution >= 0.6 is 0 Å². The van der Waals surface area contributed by atoms with Gasteiger partial charge in [0.1, 0.15) is 0 Å². The highest BCUT2D eigenvalue weighted by Gasteiger charge is 2.49. The van der Waals surface area contributed by atoms with Crippen molar-refractivity contribution in [2.24, 2.45) is 11.8 Å². The van der Waals surface area contributed by atoms with Gasteiger partial charge >= 0.3 is 12.4 Å². The number of quaternary nitrogens is 1. The molecule has 0 radical (unpaired) electrons. The van der Waals surface area contributed by atoms with Crippen molar-refractivity contribution < 1.29 is 46.1 Å². The first-order chi connectivity index (χ1) is 17.3. The van der Waals surface area contributed by atoms with Crippen LogP contribution in [-0.2, 0) is 21.8 Å². The van der Waals surface area contributed by atoms with Crippen molar-refractivity contribution >= 4 is 0 Å². The smallest absolute Gasteiger partial charge is 0.416 e. The molecule has 2 aliphatic rings. The van der Waals surface area contributed by atoms with Gasteiger partial charge < -0.3 is 19.8 Å². The molecule has 0 spiro atoms. The van der Waals surface area contributed by atoms with Crippen molar-refractivity contribution in [3.63, 3.8) is 0 Å². The first-order valence-electron chi connectivity index (χ1n) is 11.8. The largest absolute Gasteiger partial charge is 0.611 e. The molecule has 2 fully saturated rings. The van der Waals surface area contributed by atoms with Crippen molar-refractivity contribution in [1.82, 2.24) is 5.01 Å². The Labute approximate surface area is 209 Å². The zero-order chi connectivity index (χ0) is 27.1. The van der Waals surface area contributed by atoms with E-state index in [0.29, 0.717) is 25.2 Å². The van der Waals surface area contributed by atoms with Gasteiger partial charge in [-0.3, -0.25) is 5.17 Å². The predicted molar refractivity (Wildman–Crippen MR) is 120 cm³/mol.